The fourth-order valence-electron chi connectivity index (χ4n) is 5.24. The minimum Gasteiger partial charge on any atom is -0.391 e. The van der Waals surface area contributed by atoms with Crippen molar-refractivity contribution in [2.75, 3.05) is 6.54 Å². The van der Waals surface area contributed by atoms with Gasteiger partial charge in [0.25, 0.3) is 0 Å². The molecule has 0 saturated heterocycles. The highest BCUT2D eigenvalue weighted by atomic mass is 16.3. The van der Waals surface area contributed by atoms with Gasteiger partial charge in [-0.05, 0) is 63.8 Å². The van der Waals surface area contributed by atoms with E-state index in [1.165, 1.54) is 19.4 Å². The zero-order chi connectivity index (χ0) is 39.5. The van der Waals surface area contributed by atoms with Gasteiger partial charge in [-0.1, -0.05) is 27.7 Å². The van der Waals surface area contributed by atoms with E-state index in [-0.39, 0.29) is 43.9 Å². The molecule has 0 radical (unpaired) electrons. The molecule has 52 heavy (non-hydrogen) atoms. The number of hydrogen-bond donors (Lipinski definition) is 11. The summed E-state index contributed by atoms with van der Waals surface area (Å²) in [6.45, 7) is 8.99. The van der Waals surface area contributed by atoms with Crippen LogP contribution in [0.15, 0.2) is 12.5 Å². The Kier molecular flexibility index (Phi) is 20.1. The average molecular weight is 738 g/mol. The number of carbonyl (C=O) groups is 7. The lowest BCUT2D eigenvalue weighted by molar-refractivity contribution is -0.136. The Labute approximate surface area is 304 Å². The van der Waals surface area contributed by atoms with E-state index in [4.69, 9.17) is 22.9 Å². The summed E-state index contributed by atoms with van der Waals surface area (Å²) in [5, 5.41) is 22.7. The average Bonchev–Trinajstić information content (AvgIpc) is 3.56. The predicted octanol–water partition coefficient (Wildman–Crippen LogP) is -2.94. The number of nitrogens with zero attached hydrogens (tertiary/aromatic N) is 1. The van der Waals surface area contributed by atoms with Crippen LogP contribution in [0, 0.1) is 11.8 Å². The van der Waals surface area contributed by atoms with Crippen molar-refractivity contribution in [1.82, 2.24) is 36.6 Å². The summed E-state index contributed by atoms with van der Waals surface area (Å²) in [4.78, 5) is 97.4. The Morgan fingerprint density at radius 2 is 1.25 bits per heavy atom. The van der Waals surface area contributed by atoms with Gasteiger partial charge in [0, 0.05) is 24.7 Å². The molecule has 19 heteroatoms. The highest BCUT2D eigenvalue weighted by Crippen LogP contribution is 2.11. The molecule has 0 unspecified atom stereocenters. The number of unbranched alkanes of at least 4 members (excludes halogenated alkanes) is 1. The third kappa shape index (κ3) is 17.1. The van der Waals surface area contributed by atoms with Crippen LogP contribution in [0.25, 0.3) is 0 Å². The van der Waals surface area contributed by atoms with Crippen molar-refractivity contribution in [1.29, 1.82) is 0 Å². The first-order chi connectivity index (χ1) is 24.4. The normalized spacial score (nSPS) is 15.3. The van der Waals surface area contributed by atoms with Gasteiger partial charge in [0.05, 0.1) is 18.5 Å². The Morgan fingerprint density at radius 3 is 1.75 bits per heavy atom. The van der Waals surface area contributed by atoms with Gasteiger partial charge in [-0.15, -0.1) is 0 Å². The number of aliphatic hydroxyl groups is 1. The maximum atomic E-state index is 13.8. The highest BCUT2D eigenvalue weighted by molar-refractivity contribution is 5.96. The Bertz CT molecular complexity index is 1320. The zero-order valence-electron chi connectivity index (χ0n) is 30.8. The first-order valence-corrected chi connectivity index (χ1v) is 17.6. The summed E-state index contributed by atoms with van der Waals surface area (Å²) in [7, 11) is 0. The standard InChI is InChI=1S/C33H59N11O8/c1-17(2)12-21(35)29(48)42-25(14-20-15-38-16-39-20)33(52)40-22(8-6-7-11-34)30(49)43-24(13-18(3)4)32(51)41-23(9-10-26(36)46)31(50)44-27(19(5)45)28(37)47/h15-19,21-25,27,45H,6-14,34-35H2,1-5H3,(H2,36,46)(H2,37,47)(H,38,39)(H,40,52)(H,41,51)(H,42,48)(H,43,49)(H,44,50)/t19-,21+,22+,23+,24+,25-,27+/m1/s1. The summed E-state index contributed by atoms with van der Waals surface area (Å²) in [6.07, 6.45) is 2.59. The number of nitrogens with one attached hydrogen (secondary N) is 6. The first kappa shape index (κ1) is 45.4. The van der Waals surface area contributed by atoms with Crippen LogP contribution in [0.4, 0.5) is 0 Å². The van der Waals surface area contributed by atoms with Crippen molar-refractivity contribution in [3.8, 4) is 0 Å². The van der Waals surface area contributed by atoms with Crippen LogP contribution in [0.1, 0.15) is 85.3 Å². The third-order valence-electron chi connectivity index (χ3n) is 7.99. The molecule has 7 amide bonds. The Morgan fingerprint density at radius 1 is 0.731 bits per heavy atom. The van der Waals surface area contributed by atoms with Crippen molar-refractivity contribution in [3.63, 3.8) is 0 Å². The number of rotatable bonds is 25. The van der Waals surface area contributed by atoms with Gasteiger partial charge in [0.2, 0.25) is 41.4 Å². The molecule has 1 heterocycles. The molecular weight excluding hydrogens is 678 g/mol. The molecule has 1 aromatic rings. The molecule has 1 aromatic heterocycles. The van der Waals surface area contributed by atoms with Gasteiger partial charge < -0.3 is 59.6 Å². The minimum absolute atomic E-state index is 0.0158. The van der Waals surface area contributed by atoms with E-state index >= 15 is 0 Å². The second kappa shape index (κ2) is 23.0. The van der Waals surface area contributed by atoms with Gasteiger partial charge in [-0.25, -0.2) is 4.98 Å². The molecule has 7 atom stereocenters. The van der Waals surface area contributed by atoms with Gasteiger partial charge in [0.15, 0.2) is 0 Å². The van der Waals surface area contributed by atoms with Gasteiger partial charge >= 0.3 is 0 Å². The number of nitrogens with two attached hydrogens (primary N) is 4. The van der Waals surface area contributed by atoms with E-state index in [1.807, 2.05) is 13.8 Å². The van der Waals surface area contributed by atoms with Gasteiger partial charge in [-0.3, -0.25) is 33.6 Å². The smallest absolute Gasteiger partial charge is 0.243 e. The van der Waals surface area contributed by atoms with Gasteiger partial charge in [-0.2, -0.15) is 0 Å². The topological polar surface area (TPSA) is 333 Å². The minimum atomic E-state index is -1.49. The Hall–Kier alpha value is -4.62. The lowest BCUT2D eigenvalue weighted by atomic mass is 10.00. The van der Waals surface area contributed by atoms with Gasteiger partial charge in [0.1, 0.15) is 30.2 Å². The van der Waals surface area contributed by atoms with E-state index in [9.17, 15) is 38.7 Å². The lowest BCUT2D eigenvalue weighted by Crippen LogP contribution is -2.60. The molecule has 294 valence electrons. The number of hydrogen-bond acceptors (Lipinski definition) is 11. The molecule has 15 N–H and O–H groups in total. The van der Waals surface area contributed by atoms with Crippen LogP contribution in [0.2, 0.25) is 0 Å². The maximum Gasteiger partial charge on any atom is 0.243 e. The number of amides is 7. The highest BCUT2D eigenvalue weighted by Gasteiger charge is 2.34. The van der Waals surface area contributed by atoms with Crippen LogP contribution < -0.4 is 49.5 Å². The SMILES string of the molecule is CC(C)C[C@H](NC(=O)[C@H](CCCCN)NC(=O)[C@@H](Cc1cnc[nH]1)NC(=O)[C@@H](N)CC(C)C)C(=O)N[C@@H](CCC(N)=O)C(=O)N[C@H](C(N)=O)[C@@H](C)O. The molecule has 0 aliphatic carbocycles. The third-order valence-corrected chi connectivity index (χ3v) is 7.99. The zero-order valence-corrected chi connectivity index (χ0v) is 30.8. The predicted molar refractivity (Wildman–Crippen MR) is 191 cm³/mol. The second-order valence-corrected chi connectivity index (χ2v) is 13.8. The monoisotopic (exact) mass is 737 g/mol. The maximum absolute atomic E-state index is 13.8. The summed E-state index contributed by atoms with van der Waals surface area (Å²) in [5.74, 6) is -5.46. The van der Waals surface area contributed by atoms with Crippen molar-refractivity contribution in [2.45, 2.75) is 128 Å². The summed E-state index contributed by atoms with van der Waals surface area (Å²) in [6, 6.07) is -7.29. The second-order valence-electron chi connectivity index (χ2n) is 13.8. The van der Waals surface area contributed by atoms with Crippen LogP contribution in [-0.4, -0.2) is 105 Å². The van der Waals surface area contributed by atoms with Crippen LogP contribution >= 0.6 is 0 Å². The largest absolute Gasteiger partial charge is 0.391 e. The molecule has 0 aliphatic rings. The Balaban J connectivity index is 3.31. The quantitative estimate of drug-likeness (QED) is 0.0451. The van der Waals surface area contributed by atoms with Crippen molar-refractivity contribution >= 4 is 41.4 Å². The lowest BCUT2D eigenvalue weighted by Gasteiger charge is -2.28. The van der Waals surface area contributed by atoms with Crippen molar-refractivity contribution < 1.29 is 38.7 Å². The van der Waals surface area contributed by atoms with E-state index in [2.05, 4.69) is 36.6 Å². The number of H-pyrrole nitrogens is 1. The molecule has 0 saturated carbocycles. The van der Waals surface area contributed by atoms with Crippen LogP contribution in [-0.2, 0) is 40.0 Å². The van der Waals surface area contributed by atoms with E-state index in [0.717, 1.165) is 0 Å². The summed E-state index contributed by atoms with van der Waals surface area (Å²) >= 11 is 0. The fraction of sp³-hybridized carbons (Fsp3) is 0.697. The molecule has 0 aliphatic heterocycles. The number of aromatic amines is 1. The molecule has 19 nitrogen and oxygen atoms in total. The number of carbonyl (C=O) groups excluding carboxylic acids is 7. The molecule has 0 fully saturated rings. The van der Waals surface area contributed by atoms with Crippen molar-refractivity contribution in [3.05, 3.63) is 18.2 Å². The molecular formula is C33H59N11O8. The summed E-state index contributed by atoms with van der Waals surface area (Å²) < 4.78 is 0. The number of aliphatic hydroxyl groups excluding tert-OH is 1. The molecule has 1 rings (SSSR count). The van der Waals surface area contributed by atoms with E-state index in [1.54, 1.807) is 13.8 Å². The van der Waals surface area contributed by atoms with E-state index < -0.39 is 83.7 Å². The number of primary amides is 2. The fourth-order valence-corrected chi connectivity index (χ4v) is 5.24. The van der Waals surface area contributed by atoms with Crippen LogP contribution in [0.3, 0.4) is 0 Å². The molecule has 0 bridgehead atoms. The molecule has 0 spiro atoms. The van der Waals surface area contributed by atoms with Crippen LogP contribution in [0.5, 0.6) is 0 Å². The molecule has 0 aromatic carbocycles. The van der Waals surface area contributed by atoms with Crippen molar-refractivity contribution in [2.24, 2.45) is 34.8 Å². The number of imidazole rings is 1. The summed E-state index contributed by atoms with van der Waals surface area (Å²) in [5.41, 5.74) is 22.9. The number of aromatic nitrogens is 2. The first-order valence-electron chi connectivity index (χ1n) is 17.6. The van der Waals surface area contributed by atoms with E-state index in [0.29, 0.717) is 31.5 Å².